The van der Waals surface area contributed by atoms with Crippen LogP contribution in [-0.4, -0.2) is 6.79 Å². The van der Waals surface area contributed by atoms with Crippen molar-refractivity contribution in [1.29, 1.82) is 0 Å². The van der Waals surface area contributed by atoms with Crippen LogP contribution in [-0.2, 0) is 6.42 Å². The second-order valence-corrected chi connectivity index (χ2v) is 5.27. The normalized spacial score (nSPS) is 13.8. The lowest BCUT2D eigenvalue weighted by molar-refractivity contribution is 0.172. The van der Waals surface area contributed by atoms with Crippen LogP contribution in [0.4, 0.5) is 0 Å². The standard InChI is InChI=1S/C15H22O2/c1-6-11-7-12(9(2)3)13(10(4)5)15-14(11)16-8-17-15/h7,9-10H,6,8H2,1-5H3. The summed E-state index contributed by atoms with van der Waals surface area (Å²) in [6.45, 7) is 11.4. The van der Waals surface area contributed by atoms with E-state index in [4.69, 9.17) is 9.47 Å². The van der Waals surface area contributed by atoms with Crippen LogP contribution in [0.5, 0.6) is 11.5 Å². The van der Waals surface area contributed by atoms with E-state index < -0.39 is 0 Å². The van der Waals surface area contributed by atoms with Gasteiger partial charge in [-0.1, -0.05) is 40.7 Å². The van der Waals surface area contributed by atoms with Gasteiger partial charge in [0, 0.05) is 5.56 Å². The molecule has 1 aliphatic heterocycles. The van der Waals surface area contributed by atoms with Crippen molar-refractivity contribution >= 4 is 0 Å². The minimum atomic E-state index is 0.365. The molecule has 2 nitrogen and oxygen atoms in total. The molecule has 2 rings (SSSR count). The van der Waals surface area contributed by atoms with Gasteiger partial charge >= 0.3 is 0 Å². The van der Waals surface area contributed by atoms with E-state index in [2.05, 4.69) is 40.7 Å². The molecule has 1 aliphatic rings. The molecule has 0 saturated carbocycles. The van der Waals surface area contributed by atoms with Gasteiger partial charge in [-0.25, -0.2) is 0 Å². The molecule has 0 saturated heterocycles. The zero-order valence-corrected chi connectivity index (χ0v) is 11.5. The zero-order chi connectivity index (χ0) is 12.6. The van der Waals surface area contributed by atoms with Gasteiger partial charge in [0.25, 0.3) is 0 Å². The lowest BCUT2D eigenvalue weighted by atomic mass is 9.87. The minimum Gasteiger partial charge on any atom is -0.453 e. The highest BCUT2D eigenvalue weighted by atomic mass is 16.7. The quantitative estimate of drug-likeness (QED) is 0.779. The number of benzene rings is 1. The Balaban J connectivity index is 2.67. The maximum atomic E-state index is 5.70. The highest BCUT2D eigenvalue weighted by Gasteiger charge is 2.26. The van der Waals surface area contributed by atoms with Crippen molar-refractivity contribution in [2.45, 2.75) is 52.9 Å². The molecule has 0 aromatic heterocycles. The molecular formula is C15H22O2. The highest BCUT2D eigenvalue weighted by Crippen LogP contribution is 2.45. The predicted octanol–water partition coefficient (Wildman–Crippen LogP) is 4.22. The van der Waals surface area contributed by atoms with Gasteiger partial charge in [-0.3, -0.25) is 0 Å². The third-order valence-electron chi connectivity index (χ3n) is 3.37. The van der Waals surface area contributed by atoms with Crippen molar-refractivity contribution in [2.24, 2.45) is 0 Å². The lowest BCUT2D eigenvalue weighted by Gasteiger charge is -2.20. The van der Waals surface area contributed by atoms with Crippen LogP contribution in [0.2, 0.25) is 0 Å². The molecule has 1 heterocycles. The van der Waals surface area contributed by atoms with E-state index in [9.17, 15) is 0 Å². The fraction of sp³-hybridized carbons (Fsp3) is 0.600. The van der Waals surface area contributed by atoms with Crippen molar-refractivity contribution in [1.82, 2.24) is 0 Å². The van der Waals surface area contributed by atoms with Crippen LogP contribution in [0.15, 0.2) is 6.07 Å². The molecule has 0 radical (unpaired) electrons. The van der Waals surface area contributed by atoms with Gasteiger partial charge in [-0.05, 0) is 29.4 Å². The third kappa shape index (κ3) is 2.01. The molecule has 0 fully saturated rings. The number of aryl methyl sites for hydroxylation is 1. The Hall–Kier alpha value is -1.18. The Kier molecular flexibility index (Phi) is 3.32. The number of ether oxygens (including phenoxy) is 2. The first-order valence-corrected chi connectivity index (χ1v) is 6.51. The van der Waals surface area contributed by atoms with E-state index in [0.29, 0.717) is 18.6 Å². The predicted molar refractivity (Wildman–Crippen MR) is 70.1 cm³/mol. The maximum Gasteiger partial charge on any atom is 0.231 e. The average molecular weight is 234 g/mol. The summed E-state index contributed by atoms with van der Waals surface area (Å²) in [5, 5.41) is 0. The Morgan fingerprint density at radius 2 is 1.71 bits per heavy atom. The summed E-state index contributed by atoms with van der Waals surface area (Å²) < 4.78 is 11.3. The highest BCUT2D eigenvalue weighted by molar-refractivity contribution is 5.58. The van der Waals surface area contributed by atoms with Crippen LogP contribution in [0.3, 0.4) is 0 Å². The number of hydrogen-bond donors (Lipinski definition) is 0. The Bertz CT molecular complexity index is 419. The van der Waals surface area contributed by atoms with E-state index in [1.54, 1.807) is 0 Å². The third-order valence-corrected chi connectivity index (χ3v) is 3.37. The summed E-state index contributed by atoms with van der Waals surface area (Å²) in [6, 6.07) is 2.30. The molecular weight excluding hydrogens is 212 g/mol. The second-order valence-electron chi connectivity index (χ2n) is 5.27. The van der Waals surface area contributed by atoms with Crippen LogP contribution in [0.1, 0.15) is 63.1 Å². The van der Waals surface area contributed by atoms with E-state index in [-0.39, 0.29) is 0 Å². The average Bonchev–Trinajstić information content (AvgIpc) is 2.74. The topological polar surface area (TPSA) is 18.5 Å². The molecule has 0 spiro atoms. The van der Waals surface area contributed by atoms with Crippen molar-refractivity contribution in [3.8, 4) is 11.5 Å². The minimum absolute atomic E-state index is 0.365. The number of fused-ring (bicyclic) bond motifs is 1. The molecule has 0 unspecified atom stereocenters. The Morgan fingerprint density at radius 3 is 2.24 bits per heavy atom. The molecule has 0 amide bonds. The molecule has 2 heteroatoms. The fourth-order valence-electron chi connectivity index (χ4n) is 2.51. The lowest BCUT2D eigenvalue weighted by Crippen LogP contribution is -2.02. The fourth-order valence-corrected chi connectivity index (χ4v) is 2.51. The van der Waals surface area contributed by atoms with Gasteiger partial charge in [-0.2, -0.15) is 0 Å². The molecule has 0 bridgehead atoms. The van der Waals surface area contributed by atoms with Gasteiger partial charge in [0.1, 0.15) is 0 Å². The van der Waals surface area contributed by atoms with Crippen molar-refractivity contribution in [2.75, 3.05) is 6.79 Å². The van der Waals surface area contributed by atoms with Gasteiger partial charge in [0.2, 0.25) is 6.79 Å². The first kappa shape index (κ1) is 12.3. The smallest absolute Gasteiger partial charge is 0.231 e. The van der Waals surface area contributed by atoms with Crippen molar-refractivity contribution < 1.29 is 9.47 Å². The molecule has 1 aromatic rings. The summed E-state index contributed by atoms with van der Waals surface area (Å²) in [5.41, 5.74) is 4.00. The van der Waals surface area contributed by atoms with E-state index >= 15 is 0 Å². The van der Waals surface area contributed by atoms with Gasteiger partial charge in [-0.15, -0.1) is 0 Å². The molecule has 0 N–H and O–H groups in total. The second kappa shape index (κ2) is 4.59. The van der Waals surface area contributed by atoms with Crippen LogP contribution < -0.4 is 9.47 Å². The van der Waals surface area contributed by atoms with E-state index in [1.807, 2.05) is 0 Å². The van der Waals surface area contributed by atoms with Crippen LogP contribution in [0, 0.1) is 0 Å². The number of hydrogen-bond acceptors (Lipinski definition) is 2. The summed E-state index contributed by atoms with van der Waals surface area (Å²) >= 11 is 0. The van der Waals surface area contributed by atoms with Crippen molar-refractivity contribution in [3.05, 3.63) is 22.8 Å². The molecule has 0 aliphatic carbocycles. The molecule has 94 valence electrons. The first-order chi connectivity index (χ1) is 8.06. The summed E-state index contributed by atoms with van der Waals surface area (Å²) in [6.07, 6.45) is 0.990. The number of rotatable bonds is 3. The Morgan fingerprint density at radius 1 is 1.06 bits per heavy atom. The molecule has 17 heavy (non-hydrogen) atoms. The van der Waals surface area contributed by atoms with Crippen molar-refractivity contribution in [3.63, 3.8) is 0 Å². The summed E-state index contributed by atoms with van der Waals surface area (Å²) in [5.74, 6) is 2.95. The Labute approximate surface area is 104 Å². The molecule has 0 atom stereocenters. The van der Waals surface area contributed by atoms with E-state index in [1.165, 1.54) is 16.7 Å². The zero-order valence-electron chi connectivity index (χ0n) is 11.5. The van der Waals surface area contributed by atoms with E-state index in [0.717, 1.165) is 17.9 Å². The SMILES string of the molecule is CCc1cc(C(C)C)c(C(C)C)c2c1OCO2. The van der Waals surface area contributed by atoms with Gasteiger partial charge in [0.05, 0.1) is 0 Å². The van der Waals surface area contributed by atoms with Crippen LogP contribution >= 0.6 is 0 Å². The van der Waals surface area contributed by atoms with Gasteiger partial charge < -0.3 is 9.47 Å². The molecule has 1 aromatic carbocycles. The summed E-state index contributed by atoms with van der Waals surface area (Å²) in [4.78, 5) is 0. The summed E-state index contributed by atoms with van der Waals surface area (Å²) in [7, 11) is 0. The maximum absolute atomic E-state index is 5.70. The largest absolute Gasteiger partial charge is 0.453 e. The van der Waals surface area contributed by atoms with Crippen LogP contribution in [0.25, 0.3) is 0 Å². The first-order valence-electron chi connectivity index (χ1n) is 6.51. The van der Waals surface area contributed by atoms with Gasteiger partial charge in [0.15, 0.2) is 11.5 Å². The monoisotopic (exact) mass is 234 g/mol.